The van der Waals surface area contributed by atoms with Gasteiger partial charge in [0.2, 0.25) is 11.8 Å². The van der Waals surface area contributed by atoms with Gasteiger partial charge in [-0.15, -0.1) is 0 Å². The van der Waals surface area contributed by atoms with Crippen LogP contribution in [0.25, 0.3) is 0 Å². The lowest BCUT2D eigenvalue weighted by molar-refractivity contribution is -0.126. The molecule has 0 rings (SSSR count). The van der Waals surface area contributed by atoms with E-state index in [9.17, 15) is 9.59 Å². The maximum absolute atomic E-state index is 11.9. The first-order chi connectivity index (χ1) is 8.56. The molecule has 0 saturated heterocycles. The molecule has 3 atom stereocenters. The maximum Gasteiger partial charge on any atom is 0.237 e. The second-order valence-electron chi connectivity index (χ2n) is 6.17. The number of carbonyl (C=O) groups excluding carboxylic acids is 2. The third-order valence-electron chi connectivity index (χ3n) is 2.79. The molecule has 0 aromatic heterocycles. The van der Waals surface area contributed by atoms with E-state index in [1.807, 2.05) is 34.6 Å². The number of hydrogen-bond acceptors (Lipinski definition) is 3. The van der Waals surface area contributed by atoms with Gasteiger partial charge in [-0.1, -0.05) is 6.92 Å². The smallest absolute Gasteiger partial charge is 0.237 e. The van der Waals surface area contributed by atoms with Gasteiger partial charge in [0.05, 0.1) is 12.1 Å². The van der Waals surface area contributed by atoms with Crippen LogP contribution in [0, 0.1) is 0 Å². The van der Waals surface area contributed by atoms with Crippen molar-refractivity contribution in [1.82, 2.24) is 16.0 Å². The van der Waals surface area contributed by atoms with Crippen LogP contribution >= 0.6 is 0 Å². The molecule has 3 N–H and O–H groups in total. The fraction of sp³-hybridized carbons (Fsp3) is 0.857. The summed E-state index contributed by atoms with van der Waals surface area (Å²) in [5, 5.41) is 8.78. The van der Waals surface area contributed by atoms with Gasteiger partial charge >= 0.3 is 0 Å². The number of carbonyl (C=O) groups is 2. The van der Waals surface area contributed by atoms with E-state index in [-0.39, 0.29) is 23.4 Å². The van der Waals surface area contributed by atoms with Crippen molar-refractivity contribution in [3.05, 3.63) is 0 Å². The van der Waals surface area contributed by atoms with Gasteiger partial charge in [-0.2, -0.15) is 0 Å². The lowest BCUT2D eigenvalue weighted by Crippen LogP contribution is -2.54. The summed E-state index contributed by atoms with van der Waals surface area (Å²) in [6.07, 6.45) is 0.887. The summed E-state index contributed by atoms with van der Waals surface area (Å²) >= 11 is 0. The molecule has 3 unspecified atom stereocenters. The maximum atomic E-state index is 11.9. The molecular formula is C14H29N3O2. The number of nitrogens with one attached hydrogen (secondary N) is 3. The van der Waals surface area contributed by atoms with Crippen molar-refractivity contribution >= 4 is 11.8 Å². The largest absolute Gasteiger partial charge is 0.352 e. The van der Waals surface area contributed by atoms with Crippen LogP contribution in [0.3, 0.4) is 0 Å². The van der Waals surface area contributed by atoms with E-state index >= 15 is 0 Å². The van der Waals surface area contributed by atoms with Crippen LogP contribution in [0.5, 0.6) is 0 Å². The summed E-state index contributed by atoms with van der Waals surface area (Å²) in [6, 6.07) is -0.651. The first-order valence-electron chi connectivity index (χ1n) is 6.95. The number of amides is 2. The van der Waals surface area contributed by atoms with Crippen molar-refractivity contribution < 1.29 is 9.59 Å². The van der Waals surface area contributed by atoms with Crippen LogP contribution in [0.1, 0.15) is 54.9 Å². The molecular weight excluding hydrogens is 242 g/mol. The summed E-state index contributed by atoms with van der Waals surface area (Å²) in [4.78, 5) is 23.7. The zero-order chi connectivity index (χ0) is 15.2. The molecule has 0 radical (unpaired) electrons. The lowest BCUT2D eigenvalue weighted by atomic mass is 10.1. The molecule has 112 valence electrons. The van der Waals surface area contributed by atoms with Gasteiger partial charge in [-0.05, 0) is 48.0 Å². The van der Waals surface area contributed by atoms with Crippen LogP contribution in [-0.4, -0.2) is 35.5 Å². The van der Waals surface area contributed by atoms with Crippen LogP contribution in [0.4, 0.5) is 0 Å². The zero-order valence-corrected chi connectivity index (χ0v) is 13.3. The molecule has 0 saturated carbocycles. The highest BCUT2D eigenvalue weighted by atomic mass is 16.2. The standard InChI is InChI=1S/C14H29N3O2/c1-8-9(2)15-12(18)10(3)16-11(4)13(19)17-14(5,6)7/h9-11,16H,8H2,1-7H3,(H,15,18)(H,17,19). The topological polar surface area (TPSA) is 70.2 Å². The Morgan fingerprint density at radius 1 is 1.00 bits per heavy atom. The Labute approximate surface area is 116 Å². The minimum atomic E-state index is -0.406. The van der Waals surface area contributed by atoms with E-state index in [1.165, 1.54) is 0 Å². The van der Waals surface area contributed by atoms with Crippen molar-refractivity contribution in [3.8, 4) is 0 Å². The van der Waals surface area contributed by atoms with Crippen molar-refractivity contribution in [2.24, 2.45) is 0 Å². The highest BCUT2D eigenvalue weighted by molar-refractivity contribution is 5.85. The van der Waals surface area contributed by atoms with E-state index < -0.39 is 12.1 Å². The lowest BCUT2D eigenvalue weighted by Gasteiger charge is -2.25. The normalized spacial score (nSPS) is 16.4. The Kier molecular flexibility index (Phi) is 7.05. The summed E-state index contributed by atoms with van der Waals surface area (Å²) < 4.78 is 0. The van der Waals surface area contributed by atoms with Gasteiger partial charge in [-0.3, -0.25) is 14.9 Å². The molecule has 19 heavy (non-hydrogen) atoms. The van der Waals surface area contributed by atoms with Gasteiger partial charge in [0.25, 0.3) is 0 Å². The highest BCUT2D eigenvalue weighted by Gasteiger charge is 2.23. The van der Waals surface area contributed by atoms with Gasteiger partial charge < -0.3 is 10.6 Å². The van der Waals surface area contributed by atoms with E-state index in [0.29, 0.717) is 0 Å². The minimum absolute atomic E-state index is 0.0789. The molecule has 2 amide bonds. The Hall–Kier alpha value is -1.10. The van der Waals surface area contributed by atoms with E-state index in [0.717, 1.165) is 6.42 Å². The van der Waals surface area contributed by atoms with Crippen molar-refractivity contribution in [2.75, 3.05) is 0 Å². The SMILES string of the molecule is CCC(C)NC(=O)C(C)NC(C)C(=O)NC(C)(C)C. The molecule has 0 aromatic rings. The first-order valence-corrected chi connectivity index (χ1v) is 6.95. The second kappa shape index (κ2) is 7.48. The zero-order valence-electron chi connectivity index (χ0n) is 13.3. The summed E-state index contributed by atoms with van der Waals surface area (Å²) in [7, 11) is 0. The van der Waals surface area contributed by atoms with Gasteiger partial charge in [0, 0.05) is 11.6 Å². The molecule has 0 spiro atoms. The monoisotopic (exact) mass is 271 g/mol. The molecule has 0 aromatic carbocycles. The van der Waals surface area contributed by atoms with Crippen molar-refractivity contribution in [1.29, 1.82) is 0 Å². The van der Waals surface area contributed by atoms with E-state index in [1.54, 1.807) is 13.8 Å². The Morgan fingerprint density at radius 2 is 1.47 bits per heavy atom. The molecule has 0 heterocycles. The molecule has 5 nitrogen and oxygen atoms in total. The molecule has 0 fully saturated rings. The van der Waals surface area contributed by atoms with Crippen molar-refractivity contribution in [2.45, 2.75) is 78.6 Å². The first kappa shape index (κ1) is 17.9. The molecule has 0 aliphatic carbocycles. The predicted molar refractivity (Wildman–Crippen MR) is 77.9 cm³/mol. The Morgan fingerprint density at radius 3 is 1.89 bits per heavy atom. The summed E-state index contributed by atoms with van der Waals surface area (Å²) in [6.45, 7) is 13.3. The predicted octanol–water partition coefficient (Wildman–Crippen LogP) is 1.18. The fourth-order valence-electron chi connectivity index (χ4n) is 1.47. The van der Waals surface area contributed by atoms with Crippen LogP contribution in [0.15, 0.2) is 0 Å². The van der Waals surface area contributed by atoms with Crippen LogP contribution < -0.4 is 16.0 Å². The summed E-state index contributed by atoms with van der Waals surface area (Å²) in [5.41, 5.74) is -0.269. The van der Waals surface area contributed by atoms with Crippen molar-refractivity contribution in [3.63, 3.8) is 0 Å². The molecule has 5 heteroatoms. The third kappa shape index (κ3) is 7.82. The van der Waals surface area contributed by atoms with E-state index in [2.05, 4.69) is 16.0 Å². The summed E-state index contributed by atoms with van der Waals surface area (Å²) in [5.74, 6) is -0.180. The van der Waals surface area contributed by atoms with Gasteiger partial charge in [-0.25, -0.2) is 0 Å². The minimum Gasteiger partial charge on any atom is -0.352 e. The fourth-order valence-corrected chi connectivity index (χ4v) is 1.47. The molecule has 0 bridgehead atoms. The second-order valence-corrected chi connectivity index (χ2v) is 6.17. The van der Waals surface area contributed by atoms with Crippen LogP contribution in [0.2, 0.25) is 0 Å². The molecule has 0 aliphatic heterocycles. The quantitative estimate of drug-likeness (QED) is 0.679. The average molecular weight is 271 g/mol. The average Bonchev–Trinajstić information content (AvgIpc) is 2.26. The third-order valence-corrected chi connectivity index (χ3v) is 2.79. The highest BCUT2D eigenvalue weighted by Crippen LogP contribution is 2.00. The van der Waals surface area contributed by atoms with Gasteiger partial charge in [0.15, 0.2) is 0 Å². The number of rotatable bonds is 6. The van der Waals surface area contributed by atoms with E-state index in [4.69, 9.17) is 0 Å². The van der Waals surface area contributed by atoms with Crippen LogP contribution in [-0.2, 0) is 9.59 Å². The van der Waals surface area contributed by atoms with Gasteiger partial charge in [0.1, 0.15) is 0 Å². The Balaban J connectivity index is 4.28. The molecule has 0 aliphatic rings. The Bertz CT molecular complexity index is 310. The number of hydrogen-bond donors (Lipinski definition) is 3.